The van der Waals surface area contributed by atoms with Gasteiger partial charge >= 0.3 is 16.5 Å². The van der Waals surface area contributed by atoms with Crippen molar-refractivity contribution in [3.05, 3.63) is 168 Å². The van der Waals surface area contributed by atoms with Gasteiger partial charge < -0.3 is 19.4 Å². The number of nitrogens with zero attached hydrogens (tertiary/aromatic N) is 4. The standard InChI is InChI=1S/C44H28N4O2.Ni/c1-5-13-29(14-6-1)41-33-21-25-37(45-33)43(49-31-17-9-3-10-18-31)39-27-23-35(47-39)42(30-15-7-2-8-16-30)36-24-28-40(48-36)44(38-26-22-34(41)46-38)50-32-19-11-4-12-20-32;/h1-28H;/q-2;+2. The Morgan fingerprint density at radius 2 is 0.706 bits per heavy atom. The summed E-state index contributed by atoms with van der Waals surface area (Å²) in [6.07, 6.45) is 7.99. The van der Waals surface area contributed by atoms with Crippen molar-refractivity contribution in [1.29, 1.82) is 0 Å². The van der Waals surface area contributed by atoms with E-state index >= 15 is 0 Å². The Morgan fingerprint density at radius 1 is 0.353 bits per heavy atom. The molecule has 9 rings (SSSR count). The van der Waals surface area contributed by atoms with Crippen molar-refractivity contribution >= 4 is 46.4 Å². The molecule has 0 amide bonds. The first-order valence-corrected chi connectivity index (χ1v) is 16.4. The van der Waals surface area contributed by atoms with Gasteiger partial charge in [-0.15, -0.1) is 11.0 Å². The third-order valence-electron chi connectivity index (χ3n) is 8.57. The minimum Gasteiger partial charge on any atom is -0.654 e. The number of hydrogen-bond donors (Lipinski definition) is 0. The van der Waals surface area contributed by atoms with E-state index in [-0.39, 0.29) is 16.5 Å². The van der Waals surface area contributed by atoms with Crippen LogP contribution in [0.1, 0.15) is 22.8 Å². The van der Waals surface area contributed by atoms with Crippen molar-refractivity contribution in [2.45, 2.75) is 0 Å². The maximum atomic E-state index is 6.59. The van der Waals surface area contributed by atoms with Crippen LogP contribution in [0.2, 0.25) is 0 Å². The third kappa shape index (κ3) is 6.27. The number of benzene rings is 4. The Hall–Kier alpha value is -6.43. The molecule has 246 valence electrons. The molecule has 0 atom stereocenters. The molecule has 0 fully saturated rings. The molecular weight excluding hydrogens is 675 g/mol. The molecular formula is C44H28N4NiO2. The Balaban J connectivity index is 0.00000374. The summed E-state index contributed by atoms with van der Waals surface area (Å²) in [5.41, 5.74) is 9.46. The van der Waals surface area contributed by atoms with Crippen molar-refractivity contribution in [3.8, 4) is 45.3 Å². The van der Waals surface area contributed by atoms with Gasteiger partial charge in [0, 0.05) is 5.56 Å². The molecule has 8 bridgehead atoms. The average molecular weight is 703 g/mol. The quantitative estimate of drug-likeness (QED) is 0.161. The molecule has 51 heavy (non-hydrogen) atoms. The van der Waals surface area contributed by atoms with Gasteiger partial charge in [0.2, 0.25) is 0 Å². The molecule has 5 heterocycles. The molecule has 0 unspecified atom stereocenters. The van der Waals surface area contributed by atoms with Crippen LogP contribution >= 0.6 is 0 Å². The molecule has 3 aromatic heterocycles. The van der Waals surface area contributed by atoms with Gasteiger partial charge in [-0.25, -0.2) is 9.97 Å². The van der Waals surface area contributed by atoms with Gasteiger partial charge in [-0.05, 0) is 65.3 Å². The van der Waals surface area contributed by atoms with E-state index in [1.165, 1.54) is 0 Å². The van der Waals surface area contributed by atoms with E-state index in [0.29, 0.717) is 45.4 Å². The van der Waals surface area contributed by atoms with Crippen molar-refractivity contribution in [1.82, 2.24) is 19.9 Å². The number of hydrogen-bond acceptors (Lipinski definition) is 4. The number of para-hydroxylation sites is 2. The Labute approximate surface area is 304 Å². The van der Waals surface area contributed by atoms with E-state index < -0.39 is 0 Å². The first-order valence-electron chi connectivity index (χ1n) is 16.4. The molecule has 0 N–H and O–H groups in total. The summed E-state index contributed by atoms with van der Waals surface area (Å²) in [4.78, 5) is 20.7. The molecule has 7 aromatic rings. The van der Waals surface area contributed by atoms with E-state index in [4.69, 9.17) is 29.4 Å². The van der Waals surface area contributed by atoms with Crippen LogP contribution in [0.5, 0.6) is 23.0 Å². The van der Waals surface area contributed by atoms with Crippen LogP contribution in [0.3, 0.4) is 0 Å². The Kier molecular flexibility index (Phi) is 8.63. The first-order chi connectivity index (χ1) is 24.8. The topological polar surface area (TPSA) is 72.4 Å². The summed E-state index contributed by atoms with van der Waals surface area (Å²) in [7, 11) is 0. The van der Waals surface area contributed by atoms with E-state index in [2.05, 4.69) is 24.3 Å². The van der Waals surface area contributed by atoms with Crippen LogP contribution < -0.4 is 19.4 Å². The zero-order valence-electron chi connectivity index (χ0n) is 27.1. The average Bonchev–Trinajstić information content (AvgIpc) is 4.01. The van der Waals surface area contributed by atoms with Crippen LogP contribution in [0.25, 0.3) is 68.6 Å². The van der Waals surface area contributed by atoms with Crippen LogP contribution in [-0.2, 0) is 16.5 Å². The molecule has 0 saturated carbocycles. The minimum atomic E-state index is 0. The first kappa shape index (κ1) is 31.8. The summed E-state index contributed by atoms with van der Waals surface area (Å²) in [5.74, 6) is 2.49. The fourth-order valence-electron chi connectivity index (χ4n) is 6.26. The largest absolute Gasteiger partial charge is 2.00 e. The van der Waals surface area contributed by atoms with Gasteiger partial charge in [-0.3, -0.25) is 0 Å². The number of rotatable bonds is 6. The molecule has 2 aliphatic heterocycles. The summed E-state index contributed by atoms with van der Waals surface area (Å²) in [6.45, 7) is 0. The maximum absolute atomic E-state index is 6.59. The SMILES string of the molecule is C1=Cc2nc1c(-c1ccccc1)c1nc(c(Oc3ccccc3)c3ccc([n-]3)c(-c3ccccc3)c3ccc([n-]3)c2Oc2ccccc2)C=C1.[Ni+2]. The van der Waals surface area contributed by atoms with Crippen molar-refractivity contribution in [3.63, 3.8) is 0 Å². The van der Waals surface area contributed by atoms with Crippen molar-refractivity contribution in [2.24, 2.45) is 0 Å². The fourth-order valence-corrected chi connectivity index (χ4v) is 6.26. The monoisotopic (exact) mass is 702 g/mol. The molecule has 0 aliphatic carbocycles. The van der Waals surface area contributed by atoms with E-state index in [1.807, 2.05) is 146 Å². The van der Waals surface area contributed by atoms with Gasteiger partial charge in [0.05, 0.1) is 11.4 Å². The summed E-state index contributed by atoms with van der Waals surface area (Å²) in [6, 6.07) is 47.8. The molecule has 6 nitrogen and oxygen atoms in total. The van der Waals surface area contributed by atoms with Crippen LogP contribution in [0.15, 0.2) is 146 Å². The number of aromatic nitrogens is 4. The molecule has 4 aromatic carbocycles. The Bertz CT molecular complexity index is 2440. The second-order valence-corrected chi connectivity index (χ2v) is 11.8. The zero-order valence-corrected chi connectivity index (χ0v) is 28.1. The smallest absolute Gasteiger partial charge is 0.654 e. The maximum Gasteiger partial charge on any atom is 2.00 e. The second kappa shape index (κ2) is 13.8. The van der Waals surface area contributed by atoms with Crippen LogP contribution in [-0.4, -0.2) is 9.97 Å². The van der Waals surface area contributed by atoms with E-state index in [9.17, 15) is 0 Å². The number of ether oxygens (including phenoxy) is 2. The van der Waals surface area contributed by atoms with Gasteiger partial charge in [-0.1, -0.05) is 132 Å². The predicted octanol–water partition coefficient (Wildman–Crippen LogP) is 10.8. The van der Waals surface area contributed by atoms with E-state index in [1.54, 1.807) is 0 Å². The zero-order chi connectivity index (χ0) is 33.3. The summed E-state index contributed by atoms with van der Waals surface area (Å²) >= 11 is 0. The number of fused-ring (bicyclic) bond motifs is 8. The predicted molar refractivity (Wildman–Crippen MR) is 201 cm³/mol. The normalized spacial score (nSPS) is 11.6. The third-order valence-corrected chi connectivity index (χ3v) is 8.57. The summed E-state index contributed by atoms with van der Waals surface area (Å²) in [5, 5.41) is 0. The van der Waals surface area contributed by atoms with E-state index in [0.717, 1.165) is 44.7 Å². The fraction of sp³-hybridized carbons (Fsp3) is 0. The Morgan fingerprint density at radius 3 is 1.14 bits per heavy atom. The molecule has 2 aliphatic rings. The molecule has 7 heteroatoms. The molecule has 0 saturated heterocycles. The molecule has 0 spiro atoms. The van der Waals surface area contributed by atoms with Gasteiger partial charge in [0.1, 0.15) is 34.4 Å². The van der Waals surface area contributed by atoms with Gasteiger partial charge in [0.15, 0.2) is 0 Å². The van der Waals surface area contributed by atoms with Gasteiger partial charge in [-0.2, -0.15) is 0 Å². The summed E-state index contributed by atoms with van der Waals surface area (Å²) < 4.78 is 13.2. The van der Waals surface area contributed by atoms with Gasteiger partial charge in [0.25, 0.3) is 0 Å². The minimum absolute atomic E-state index is 0. The van der Waals surface area contributed by atoms with Crippen LogP contribution in [0.4, 0.5) is 0 Å². The molecule has 0 radical (unpaired) electrons. The van der Waals surface area contributed by atoms with Crippen molar-refractivity contribution < 1.29 is 26.0 Å². The second-order valence-electron chi connectivity index (χ2n) is 11.8. The van der Waals surface area contributed by atoms with Crippen molar-refractivity contribution in [2.75, 3.05) is 0 Å². The van der Waals surface area contributed by atoms with Crippen LogP contribution in [0, 0.1) is 0 Å².